The largest absolute Gasteiger partial charge is 0.289 e. The van der Waals surface area contributed by atoms with Crippen LogP contribution >= 0.6 is 22.6 Å². The zero-order chi connectivity index (χ0) is 13.1. The Balaban J connectivity index is 2.18. The smallest absolute Gasteiger partial charge is 0.258 e. The van der Waals surface area contributed by atoms with Crippen molar-refractivity contribution in [3.05, 3.63) is 44.8 Å². The van der Waals surface area contributed by atoms with Crippen molar-refractivity contribution < 1.29 is 4.79 Å². The number of hydrogen-bond acceptors (Lipinski definition) is 4. The summed E-state index contributed by atoms with van der Waals surface area (Å²) in [6, 6.07) is 7.29. The van der Waals surface area contributed by atoms with E-state index in [-0.39, 0.29) is 11.9 Å². The molecule has 5 nitrogen and oxygen atoms in total. The van der Waals surface area contributed by atoms with Crippen molar-refractivity contribution in [1.29, 1.82) is 0 Å². The van der Waals surface area contributed by atoms with E-state index >= 15 is 0 Å². The van der Waals surface area contributed by atoms with Crippen molar-refractivity contribution >= 4 is 34.4 Å². The van der Waals surface area contributed by atoms with Gasteiger partial charge in [0.05, 0.1) is 11.4 Å². The molecule has 0 bridgehead atoms. The molecule has 2 aromatic rings. The van der Waals surface area contributed by atoms with Gasteiger partial charge in [0.25, 0.3) is 5.91 Å². The minimum atomic E-state index is -0.237. The number of aromatic nitrogens is 3. The number of amides is 1. The molecule has 1 heterocycles. The van der Waals surface area contributed by atoms with Gasteiger partial charge >= 0.3 is 0 Å². The van der Waals surface area contributed by atoms with Crippen molar-refractivity contribution in [2.75, 3.05) is 5.32 Å². The normalized spacial score (nSPS) is 10.2. The fraction of sp³-hybridized carbons (Fsp3) is 0.167. The molecule has 0 atom stereocenters. The predicted octanol–water partition coefficient (Wildman–Crippen LogP) is 2.35. The molecule has 0 unspecified atom stereocenters. The van der Waals surface area contributed by atoms with Crippen LogP contribution < -0.4 is 5.32 Å². The second kappa shape index (κ2) is 5.38. The molecule has 1 amide bonds. The van der Waals surface area contributed by atoms with Gasteiger partial charge in [-0.05, 0) is 54.6 Å². The Morgan fingerprint density at radius 2 is 2.00 bits per heavy atom. The van der Waals surface area contributed by atoms with E-state index in [1.165, 1.54) is 0 Å². The van der Waals surface area contributed by atoms with Crippen molar-refractivity contribution in [3.63, 3.8) is 0 Å². The predicted molar refractivity (Wildman–Crippen MR) is 76.4 cm³/mol. The summed E-state index contributed by atoms with van der Waals surface area (Å²) in [4.78, 5) is 16.1. The quantitative estimate of drug-likeness (QED) is 0.841. The van der Waals surface area contributed by atoms with E-state index < -0.39 is 0 Å². The molecule has 18 heavy (non-hydrogen) atoms. The van der Waals surface area contributed by atoms with Gasteiger partial charge in [-0.2, -0.15) is 5.10 Å². The van der Waals surface area contributed by atoms with E-state index in [4.69, 9.17) is 0 Å². The lowest BCUT2D eigenvalue weighted by molar-refractivity contribution is 0.102. The molecule has 1 N–H and O–H groups in total. The highest BCUT2D eigenvalue weighted by molar-refractivity contribution is 14.1. The van der Waals surface area contributed by atoms with Crippen LogP contribution in [0.15, 0.2) is 24.3 Å². The first-order valence-electron chi connectivity index (χ1n) is 5.31. The standard InChI is InChI=1S/C12H11IN4O/c1-7-8(2)16-17-12(14-7)15-11(18)9-4-3-5-10(13)6-9/h3-6H,1-2H3,(H,14,15,17,18). The van der Waals surface area contributed by atoms with E-state index in [2.05, 4.69) is 43.1 Å². The Labute approximate surface area is 118 Å². The first-order valence-corrected chi connectivity index (χ1v) is 6.39. The number of carbonyl (C=O) groups is 1. The van der Waals surface area contributed by atoms with Gasteiger partial charge in [0, 0.05) is 9.13 Å². The summed E-state index contributed by atoms with van der Waals surface area (Å²) >= 11 is 2.16. The van der Waals surface area contributed by atoms with Crippen LogP contribution in [0.1, 0.15) is 21.7 Å². The molecule has 0 saturated heterocycles. The third kappa shape index (κ3) is 3.00. The van der Waals surface area contributed by atoms with Crippen molar-refractivity contribution in [3.8, 4) is 0 Å². The van der Waals surface area contributed by atoms with Gasteiger partial charge < -0.3 is 0 Å². The van der Waals surface area contributed by atoms with Crippen LogP contribution in [0, 0.1) is 17.4 Å². The molecule has 0 aliphatic carbocycles. The minimum Gasteiger partial charge on any atom is -0.289 e. The summed E-state index contributed by atoms with van der Waals surface area (Å²) in [7, 11) is 0. The zero-order valence-corrected chi connectivity index (χ0v) is 12.1. The summed E-state index contributed by atoms with van der Waals surface area (Å²) in [5.74, 6) is -0.0134. The highest BCUT2D eigenvalue weighted by Gasteiger charge is 2.09. The molecular weight excluding hydrogens is 343 g/mol. The lowest BCUT2D eigenvalue weighted by atomic mass is 10.2. The minimum absolute atomic E-state index is 0.224. The Morgan fingerprint density at radius 3 is 2.67 bits per heavy atom. The maximum atomic E-state index is 11.9. The van der Waals surface area contributed by atoms with Gasteiger partial charge in [-0.25, -0.2) is 4.98 Å². The molecule has 0 aliphatic rings. The molecule has 0 fully saturated rings. The van der Waals surface area contributed by atoms with Crippen LogP contribution in [0.25, 0.3) is 0 Å². The average Bonchev–Trinajstić information content (AvgIpc) is 2.34. The van der Waals surface area contributed by atoms with E-state index in [0.717, 1.165) is 15.0 Å². The second-order valence-corrected chi connectivity index (χ2v) is 5.02. The zero-order valence-electron chi connectivity index (χ0n) is 9.94. The summed E-state index contributed by atoms with van der Waals surface area (Å²) in [6.45, 7) is 3.64. The highest BCUT2D eigenvalue weighted by Crippen LogP contribution is 2.09. The summed E-state index contributed by atoms with van der Waals surface area (Å²) in [5.41, 5.74) is 2.08. The maximum absolute atomic E-state index is 11.9. The van der Waals surface area contributed by atoms with Crippen LogP contribution in [0.5, 0.6) is 0 Å². The number of halogens is 1. The average molecular weight is 354 g/mol. The van der Waals surface area contributed by atoms with Crippen LogP contribution in [-0.2, 0) is 0 Å². The number of anilines is 1. The summed E-state index contributed by atoms with van der Waals surface area (Å²) in [5, 5.41) is 10.4. The van der Waals surface area contributed by atoms with E-state index in [9.17, 15) is 4.79 Å². The first-order chi connectivity index (χ1) is 8.56. The number of aryl methyl sites for hydroxylation is 2. The molecular formula is C12H11IN4O. The molecule has 92 valence electrons. The third-order valence-corrected chi connectivity index (χ3v) is 3.08. The van der Waals surface area contributed by atoms with Crippen LogP contribution in [-0.4, -0.2) is 21.1 Å². The summed E-state index contributed by atoms with van der Waals surface area (Å²) < 4.78 is 0.999. The number of benzene rings is 1. The van der Waals surface area contributed by atoms with Gasteiger partial charge in [0.15, 0.2) is 0 Å². The van der Waals surface area contributed by atoms with Gasteiger partial charge in [-0.3, -0.25) is 10.1 Å². The Bertz CT molecular complexity index is 600. The Morgan fingerprint density at radius 1 is 1.22 bits per heavy atom. The second-order valence-electron chi connectivity index (χ2n) is 3.77. The monoisotopic (exact) mass is 354 g/mol. The van der Waals surface area contributed by atoms with Gasteiger partial charge in [-0.1, -0.05) is 6.07 Å². The molecule has 1 aromatic heterocycles. The fourth-order valence-corrected chi connectivity index (χ4v) is 1.86. The van der Waals surface area contributed by atoms with E-state index in [0.29, 0.717) is 5.56 Å². The number of nitrogens with zero attached hydrogens (tertiary/aromatic N) is 3. The van der Waals surface area contributed by atoms with Crippen LogP contribution in [0.3, 0.4) is 0 Å². The molecule has 6 heteroatoms. The number of hydrogen-bond donors (Lipinski definition) is 1. The lowest BCUT2D eigenvalue weighted by Crippen LogP contribution is -2.15. The fourth-order valence-electron chi connectivity index (χ4n) is 1.31. The highest BCUT2D eigenvalue weighted by atomic mass is 127. The molecule has 0 saturated carbocycles. The molecule has 0 aliphatic heterocycles. The number of nitrogens with one attached hydrogen (secondary N) is 1. The van der Waals surface area contributed by atoms with Crippen molar-refractivity contribution in [1.82, 2.24) is 15.2 Å². The van der Waals surface area contributed by atoms with Crippen LogP contribution in [0.4, 0.5) is 5.95 Å². The molecule has 0 radical (unpaired) electrons. The molecule has 1 aromatic carbocycles. The number of rotatable bonds is 2. The Kier molecular flexibility index (Phi) is 3.85. The molecule has 0 spiro atoms. The van der Waals surface area contributed by atoms with E-state index in [1.54, 1.807) is 12.1 Å². The van der Waals surface area contributed by atoms with E-state index in [1.807, 2.05) is 26.0 Å². The van der Waals surface area contributed by atoms with Crippen molar-refractivity contribution in [2.45, 2.75) is 13.8 Å². The maximum Gasteiger partial charge on any atom is 0.258 e. The van der Waals surface area contributed by atoms with Gasteiger partial charge in [-0.15, -0.1) is 5.10 Å². The third-order valence-electron chi connectivity index (χ3n) is 2.40. The lowest BCUT2D eigenvalue weighted by Gasteiger charge is -2.04. The summed E-state index contributed by atoms with van der Waals surface area (Å²) in [6.07, 6.45) is 0. The SMILES string of the molecule is Cc1nnc(NC(=O)c2cccc(I)c2)nc1C. The Hall–Kier alpha value is -1.57. The first kappa shape index (κ1) is 12.9. The molecule has 2 rings (SSSR count). The van der Waals surface area contributed by atoms with Gasteiger partial charge in [0.2, 0.25) is 5.95 Å². The topological polar surface area (TPSA) is 67.8 Å². The van der Waals surface area contributed by atoms with Gasteiger partial charge in [0.1, 0.15) is 0 Å². The van der Waals surface area contributed by atoms with Crippen LogP contribution in [0.2, 0.25) is 0 Å². The number of carbonyl (C=O) groups excluding carboxylic acids is 1. The van der Waals surface area contributed by atoms with Crippen molar-refractivity contribution in [2.24, 2.45) is 0 Å².